The average molecular weight is 240 g/mol. The van der Waals surface area contributed by atoms with Crippen molar-refractivity contribution in [3.63, 3.8) is 0 Å². The second kappa shape index (κ2) is 5.15. The molecule has 2 aromatic rings. The maximum atomic E-state index is 8.98. The summed E-state index contributed by atoms with van der Waals surface area (Å²) in [5.41, 5.74) is 1.25. The lowest BCUT2D eigenvalue weighted by atomic mass is 10.2. The third-order valence-corrected chi connectivity index (χ3v) is 2.38. The Kier molecular flexibility index (Phi) is 3.39. The van der Waals surface area contributed by atoms with Crippen LogP contribution in [0.1, 0.15) is 11.4 Å². The zero-order chi connectivity index (χ0) is 13.0. The first-order valence-corrected chi connectivity index (χ1v) is 5.38. The predicted octanol–water partition coefficient (Wildman–Crippen LogP) is 2.41. The van der Waals surface area contributed by atoms with Crippen LogP contribution in [0.2, 0.25) is 0 Å². The van der Waals surface area contributed by atoms with Crippen LogP contribution < -0.4 is 10.1 Å². The zero-order valence-corrected chi connectivity index (χ0v) is 10.1. The molecule has 0 aliphatic carbocycles. The van der Waals surface area contributed by atoms with Gasteiger partial charge in [-0.15, -0.1) is 0 Å². The number of rotatable bonds is 3. The maximum absolute atomic E-state index is 8.98. The first-order valence-electron chi connectivity index (χ1n) is 5.38. The molecule has 1 aromatic heterocycles. The molecule has 5 heteroatoms. The van der Waals surface area contributed by atoms with Crippen LogP contribution >= 0.6 is 0 Å². The normalized spacial score (nSPS) is 9.61. The van der Waals surface area contributed by atoms with Crippen LogP contribution in [0, 0.1) is 18.3 Å². The Morgan fingerprint density at radius 2 is 2.00 bits per heavy atom. The molecule has 0 aliphatic heterocycles. The van der Waals surface area contributed by atoms with Gasteiger partial charge in [-0.2, -0.15) is 5.26 Å². The number of ether oxygens (including phenoxy) is 1. The summed E-state index contributed by atoms with van der Waals surface area (Å²) < 4.78 is 5.08. The minimum atomic E-state index is 0.413. The Morgan fingerprint density at radius 3 is 2.61 bits per heavy atom. The van der Waals surface area contributed by atoms with Gasteiger partial charge >= 0.3 is 0 Å². The molecular weight excluding hydrogens is 228 g/mol. The summed E-state index contributed by atoms with van der Waals surface area (Å²) in [6.07, 6.45) is 1.51. The second-order valence-corrected chi connectivity index (χ2v) is 3.64. The van der Waals surface area contributed by atoms with Gasteiger partial charge in [-0.1, -0.05) is 0 Å². The molecule has 0 unspecified atom stereocenters. The van der Waals surface area contributed by atoms with E-state index in [1.54, 1.807) is 14.0 Å². The number of benzene rings is 1. The molecule has 5 nitrogen and oxygen atoms in total. The Labute approximate surface area is 105 Å². The molecule has 0 saturated heterocycles. The minimum Gasteiger partial charge on any atom is -0.497 e. The van der Waals surface area contributed by atoms with Gasteiger partial charge in [0.05, 0.1) is 13.3 Å². The van der Waals surface area contributed by atoms with Gasteiger partial charge in [0, 0.05) is 5.69 Å². The van der Waals surface area contributed by atoms with Gasteiger partial charge < -0.3 is 10.1 Å². The van der Waals surface area contributed by atoms with Gasteiger partial charge in [-0.3, -0.25) is 0 Å². The molecule has 0 aliphatic rings. The van der Waals surface area contributed by atoms with E-state index < -0.39 is 0 Å². The summed E-state index contributed by atoms with van der Waals surface area (Å²) in [5.74, 6) is 1.90. The lowest BCUT2D eigenvalue weighted by molar-refractivity contribution is 0.415. The van der Waals surface area contributed by atoms with Crippen molar-refractivity contribution >= 4 is 11.5 Å². The molecular formula is C13H12N4O. The molecule has 1 aromatic carbocycles. The van der Waals surface area contributed by atoms with E-state index in [-0.39, 0.29) is 0 Å². The van der Waals surface area contributed by atoms with E-state index in [9.17, 15) is 0 Å². The van der Waals surface area contributed by atoms with Crippen molar-refractivity contribution < 1.29 is 4.74 Å². The minimum absolute atomic E-state index is 0.413. The molecule has 0 saturated carbocycles. The highest BCUT2D eigenvalue weighted by Gasteiger charge is 2.05. The van der Waals surface area contributed by atoms with Crippen molar-refractivity contribution in [1.29, 1.82) is 5.26 Å². The van der Waals surface area contributed by atoms with Crippen molar-refractivity contribution in [2.45, 2.75) is 6.92 Å². The predicted molar refractivity (Wildman–Crippen MR) is 67.8 cm³/mol. The molecule has 0 atom stereocenters. The second-order valence-electron chi connectivity index (χ2n) is 3.64. The number of aromatic nitrogens is 2. The lowest BCUT2D eigenvalue weighted by Gasteiger charge is -2.08. The van der Waals surface area contributed by atoms with Crippen molar-refractivity contribution in [3.05, 3.63) is 41.9 Å². The summed E-state index contributed by atoms with van der Waals surface area (Å²) in [6.45, 7) is 1.78. The molecule has 1 heterocycles. The molecule has 0 amide bonds. The number of nitriles is 1. The van der Waals surface area contributed by atoms with Crippen LogP contribution in [-0.4, -0.2) is 17.1 Å². The van der Waals surface area contributed by atoms with E-state index in [0.717, 1.165) is 11.4 Å². The van der Waals surface area contributed by atoms with Crippen molar-refractivity contribution in [2.75, 3.05) is 12.4 Å². The van der Waals surface area contributed by atoms with Crippen LogP contribution in [-0.2, 0) is 0 Å². The van der Waals surface area contributed by atoms with Crippen LogP contribution in [0.3, 0.4) is 0 Å². The molecule has 2 rings (SSSR count). The smallest absolute Gasteiger partial charge is 0.152 e. The first-order chi connectivity index (χ1) is 8.72. The van der Waals surface area contributed by atoms with E-state index in [1.807, 2.05) is 24.3 Å². The van der Waals surface area contributed by atoms with Crippen LogP contribution in [0.25, 0.3) is 0 Å². The molecule has 1 N–H and O–H groups in total. The van der Waals surface area contributed by atoms with Gasteiger partial charge in [0.15, 0.2) is 5.82 Å². The first kappa shape index (κ1) is 11.9. The summed E-state index contributed by atoms with van der Waals surface area (Å²) in [7, 11) is 1.62. The van der Waals surface area contributed by atoms with E-state index in [0.29, 0.717) is 17.2 Å². The Balaban J connectivity index is 2.27. The summed E-state index contributed by atoms with van der Waals surface area (Å²) in [4.78, 5) is 8.19. The summed E-state index contributed by atoms with van der Waals surface area (Å²) in [6, 6.07) is 9.44. The van der Waals surface area contributed by atoms with Gasteiger partial charge in [0.1, 0.15) is 23.2 Å². The number of nitrogens with zero attached hydrogens (tertiary/aromatic N) is 3. The van der Waals surface area contributed by atoms with E-state index in [1.165, 1.54) is 6.20 Å². The highest BCUT2D eigenvalue weighted by atomic mass is 16.5. The van der Waals surface area contributed by atoms with E-state index >= 15 is 0 Å². The van der Waals surface area contributed by atoms with Crippen molar-refractivity contribution in [3.8, 4) is 11.8 Å². The number of anilines is 2. The number of hydrogen-bond donors (Lipinski definition) is 1. The van der Waals surface area contributed by atoms with Crippen LogP contribution in [0.4, 0.5) is 11.5 Å². The lowest BCUT2D eigenvalue weighted by Crippen LogP contribution is -2.00. The molecule has 0 bridgehead atoms. The number of methoxy groups -OCH3 is 1. The third kappa shape index (κ3) is 2.55. The van der Waals surface area contributed by atoms with Gasteiger partial charge in [0.25, 0.3) is 0 Å². The highest BCUT2D eigenvalue weighted by molar-refractivity contribution is 5.62. The summed E-state index contributed by atoms with van der Waals surface area (Å²) in [5, 5.41) is 12.1. The third-order valence-electron chi connectivity index (χ3n) is 2.38. The average Bonchev–Trinajstić information content (AvgIpc) is 2.40. The molecule has 0 spiro atoms. The number of aryl methyl sites for hydroxylation is 1. The topological polar surface area (TPSA) is 70.8 Å². The highest BCUT2D eigenvalue weighted by Crippen LogP contribution is 2.20. The van der Waals surface area contributed by atoms with Gasteiger partial charge in [-0.05, 0) is 31.2 Å². The Bertz CT molecular complexity index is 587. The van der Waals surface area contributed by atoms with E-state index in [4.69, 9.17) is 10.00 Å². The van der Waals surface area contributed by atoms with Gasteiger partial charge in [-0.25, -0.2) is 9.97 Å². The monoisotopic (exact) mass is 240 g/mol. The standard InChI is InChI=1S/C13H12N4O/c1-9-15-8-10(7-14)13(16-9)17-11-3-5-12(18-2)6-4-11/h3-6,8H,1-2H3,(H,15,16,17). The van der Waals surface area contributed by atoms with Gasteiger partial charge in [0.2, 0.25) is 0 Å². The summed E-state index contributed by atoms with van der Waals surface area (Å²) >= 11 is 0. The Morgan fingerprint density at radius 1 is 1.28 bits per heavy atom. The zero-order valence-electron chi connectivity index (χ0n) is 10.1. The van der Waals surface area contributed by atoms with Crippen LogP contribution in [0.5, 0.6) is 5.75 Å². The number of nitrogens with one attached hydrogen (secondary N) is 1. The van der Waals surface area contributed by atoms with Crippen molar-refractivity contribution in [1.82, 2.24) is 9.97 Å². The fourth-order valence-corrected chi connectivity index (χ4v) is 1.46. The SMILES string of the molecule is COc1ccc(Nc2nc(C)ncc2C#N)cc1. The molecule has 0 fully saturated rings. The Hall–Kier alpha value is -2.61. The maximum Gasteiger partial charge on any atom is 0.152 e. The quantitative estimate of drug-likeness (QED) is 0.892. The molecule has 0 radical (unpaired) electrons. The van der Waals surface area contributed by atoms with Crippen molar-refractivity contribution in [2.24, 2.45) is 0 Å². The molecule has 90 valence electrons. The molecule has 18 heavy (non-hydrogen) atoms. The largest absolute Gasteiger partial charge is 0.497 e. The van der Waals surface area contributed by atoms with Crippen LogP contribution in [0.15, 0.2) is 30.5 Å². The fourth-order valence-electron chi connectivity index (χ4n) is 1.46. The van der Waals surface area contributed by atoms with E-state index in [2.05, 4.69) is 21.4 Å². The fraction of sp³-hybridized carbons (Fsp3) is 0.154. The number of hydrogen-bond acceptors (Lipinski definition) is 5.